The Bertz CT molecular complexity index is 624. The zero-order valence-corrected chi connectivity index (χ0v) is 17.7. The lowest BCUT2D eigenvalue weighted by Gasteiger charge is -2.57. The number of aliphatic imine (C=N–C) groups is 1. The molecule has 4 unspecified atom stereocenters. The summed E-state index contributed by atoms with van der Waals surface area (Å²) in [6.45, 7) is 5.00. The first kappa shape index (κ1) is 19.0. The molecule has 25 heavy (non-hydrogen) atoms. The Morgan fingerprint density at radius 1 is 1.32 bits per heavy atom. The molecule has 3 aliphatic rings. The van der Waals surface area contributed by atoms with Gasteiger partial charge in [-0.1, -0.05) is 12.8 Å². The van der Waals surface area contributed by atoms with Crippen LogP contribution >= 0.6 is 24.0 Å². The van der Waals surface area contributed by atoms with E-state index >= 15 is 0 Å². The van der Waals surface area contributed by atoms with E-state index in [2.05, 4.69) is 22.5 Å². The van der Waals surface area contributed by atoms with Crippen LogP contribution in [-0.4, -0.2) is 31.8 Å². The van der Waals surface area contributed by atoms with Gasteiger partial charge in [0.25, 0.3) is 0 Å². The first-order valence-corrected chi connectivity index (χ1v) is 9.32. The van der Waals surface area contributed by atoms with E-state index in [1.54, 1.807) is 0 Å². The van der Waals surface area contributed by atoms with Crippen molar-refractivity contribution in [1.29, 1.82) is 0 Å². The van der Waals surface area contributed by atoms with Gasteiger partial charge < -0.3 is 19.8 Å². The van der Waals surface area contributed by atoms with Gasteiger partial charge in [0.15, 0.2) is 5.96 Å². The Labute approximate surface area is 167 Å². The fourth-order valence-electron chi connectivity index (χ4n) is 5.18. The van der Waals surface area contributed by atoms with Crippen LogP contribution in [0.4, 0.5) is 0 Å². The minimum Gasteiger partial charge on any atom is -0.464 e. The molecule has 1 aromatic heterocycles. The van der Waals surface area contributed by atoms with Crippen LogP contribution in [0.3, 0.4) is 0 Å². The monoisotopic (exact) mass is 459 g/mol. The summed E-state index contributed by atoms with van der Waals surface area (Å²) < 4.78 is 11.8. The van der Waals surface area contributed by atoms with Crippen LogP contribution in [-0.2, 0) is 4.74 Å². The first-order valence-electron chi connectivity index (χ1n) is 9.32. The van der Waals surface area contributed by atoms with Gasteiger partial charge in [-0.3, -0.25) is 4.99 Å². The summed E-state index contributed by atoms with van der Waals surface area (Å²) in [4.78, 5) is 4.46. The highest BCUT2D eigenvalue weighted by molar-refractivity contribution is 14.0. The largest absolute Gasteiger partial charge is 0.464 e. The summed E-state index contributed by atoms with van der Waals surface area (Å²) in [7, 11) is 1.85. The highest BCUT2D eigenvalue weighted by Crippen LogP contribution is 2.60. The van der Waals surface area contributed by atoms with E-state index < -0.39 is 0 Å². The van der Waals surface area contributed by atoms with Gasteiger partial charge in [-0.05, 0) is 45.2 Å². The van der Waals surface area contributed by atoms with Gasteiger partial charge in [0.05, 0.1) is 12.1 Å². The second-order valence-electron chi connectivity index (χ2n) is 7.69. The van der Waals surface area contributed by atoms with Crippen LogP contribution in [0.25, 0.3) is 0 Å². The van der Waals surface area contributed by atoms with Crippen molar-refractivity contribution in [3.63, 3.8) is 0 Å². The van der Waals surface area contributed by atoms with Gasteiger partial charge in [-0.2, -0.15) is 0 Å². The molecule has 1 saturated heterocycles. The number of fused-ring (bicyclic) bond motifs is 2. The summed E-state index contributed by atoms with van der Waals surface area (Å²) in [5.74, 6) is 3.40. The molecule has 1 aromatic rings. The summed E-state index contributed by atoms with van der Waals surface area (Å²) >= 11 is 0. The fourth-order valence-corrected chi connectivity index (χ4v) is 5.18. The number of hydrogen-bond acceptors (Lipinski definition) is 3. The molecule has 1 spiro atoms. The van der Waals surface area contributed by atoms with Crippen molar-refractivity contribution in [2.45, 2.75) is 64.1 Å². The molecular formula is C19H30IN3O2. The lowest BCUT2D eigenvalue weighted by molar-refractivity contribution is -0.125. The van der Waals surface area contributed by atoms with Crippen LogP contribution in [0.1, 0.15) is 56.6 Å². The summed E-state index contributed by atoms with van der Waals surface area (Å²) in [6.07, 6.45) is 6.89. The van der Waals surface area contributed by atoms with E-state index in [4.69, 9.17) is 9.15 Å². The number of furan rings is 1. The molecule has 6 heteroatoms. The second-order valence-corrected chi connectivity index (χ2v) is 7.69. The standard InChI is InChI=1S/C19H29N3O2.HI/c1-12-6-7-15(24-12)13(2)21-18(20-3)22-16-14-8-11-23-17(14)19(16)9-4-5-10-19;/h6-7,13-14,16-17H,4-5,8-11H2,1-3H3,(H2,20,21,22);1H. The molecule has 0 bridgehead atoms. The van der Waals surface area contributed by atoms with Crippen LogP contribution in [0.5, 0.6) is 0 Å². The number of halogens is 1. The van der Waals surface area contributed by atoms with E-state index in [9.17, 15) is 0 Å². The van der Waals surface area contributed by atoms with Gasteiger partial charge >= 0.3 is 0 Å². The summed E-state index contributed by atoms with van der Waals surface area (Å²) in [5, 5.41) is 7.22. The molecular weight excluding hydrogens is 429 g/mol. The van der Waals surface area contributed by atoms with Crippen LogP contribution in [0, 0.1) is 18.3 Å². The predicted octanol–water partition coefficient (Wildman–Crippen LogP) is 3.78. The molecule has 1 aliphatic heterocycles. The molecule has 0 aromatic carbocycles. The Morgan fingerprint density at radius 2 is 2.08 bits per heavy atom. The highest BCUT2D eigenvalue weighted by Gasteiger charge is 2.65. The van der Waals surface area contributed by atoms with E-state index in [-0.39, 0.29) is 30.0 Å². The molecule has 3 fully saturated rings. The molecule has 0 amide bonds. The number of nitrogens with one attached hydrogen (secondary N) is 2. The van der Waals surface area contributed by atoms with Gasteiger partial charge in [0.2, 0.25) is 0 Å². The third kappa shape index (κ3) is 3.20. The maximum Gasteiger partial charge on any atom is 0.191 e. The van der Waals surface area contributed by atoms with Crippen molar-refractivity contribution in [2.75, 3.05) is 13.7 Å². The summed E-state index contributed by atoms with van der Waals surface area (Å²) in [5.41, 5.74) is 0.337. The lowest BCUT2D eigenvalue weighted by atomic mass is 9.54. The second kappa shape index (κ2) is 7.47. The van der Waals surface area contributed by atoms with E-state index in [0.717, 1.165) is 24.1 Å². The van der Waals surface area contributed by atoms with Crippen LogP contribution in [0.2, 0.25) is 0 Å². The topological polar surface area (TPSA) is 58.8 Å². The number of rotatable bonds is 3. The van der Waals surface area contributed by atoms with Gasteiger partial charge in [-0.15, -0.1) is 24.0 Å². The minimum absolute atomic E-state index is 0. The third-order valence-corrected chi connectivity index (χ3v) is 6.34. The maximum atomic E-state index is 6.07. The van der Waals surface area contributed by atoms with E-state index in [1.165, 1.54) is 32.1 Å². The van der Waals surface area contributed by atoms with Crippen molar-refractivity contribution in [1.82, 2.24) is 10.6 Å². The molecule has 4 atom stereocenters. The van der Waals surface area contributed by atoms with Gasteiger partial charge in [-0.25, -0.2) is 0 Å². The third-order valence-electron chi connectivity index (χ3n) is 6.34. The fraction of sp³-hybridized carbons (Fsp3) is 0.737. The van der Waals surface area contributed by atoms with Crippen LogP contribution in [0.15, 0.2) is 21.5 Å². The number of hydrogen-bond donors (Lipinski definition) is 2. The number of ether oxygens (including phenoxy) is 1. The average Bonchev–Trinajstić information content (AvgIpc) is 3.29. The zero-order chi connectivity index (χ0) is 16.7. The summed E-state index contributed by atoms with van der Waals surface area (Å²) in [6, 6.07) is 4.62. The predicted molar refractivity (Wildman–Crippen MR) is 109 cm³/mol. The minimum atomic E-state index is 0. The quantitative estimate of drug-likeness (QED) is 0.411. The zero-order valence-electron chi connectivity index (χ0n) is 15.4. The SMILES string of the molecule is CN=C(NC(C)c1ccc(C)o1)NC1C2CCOC2C12CCCC2.I. The van der Waals surface area contributed by atoms with E-state index in [0.29, 0.717) is 23.5 Å². The Hall–Kier alpha value is -0.760. The molecule has 2 saturated carbocycles. The van der Waals surface area contributed by atoms with Gasteiger partial charge in [0.1, 0.15) is 11.5 Å². The van der Waals surface area contributed by atoms with Crippen LogP contribution < -0.4 is 10.6 Å². The normalized spacial score (nSPS) is 31.2. The molecule has 0 radical (unpaired) electrons. The van der Waals surface area contributed by atoms with E-state index in [1.807, 2.05) is 26.1 Å². The smallest absolute Gasteiger partial charge is 0.191 e. The maximum absolute atomic E-state index is 6.07. The number of aryl methyl sites for hydroxylation is 1. The molecule has 2 aliphatic carbocycles. The number of nitrogens with zero attached hydrogens (tertiary/aromatic N) is 1. The lowest BCUT2D eigenvalue weighted by Crippen LogP contribution is -2.69. The van der Waals surface area contributed by atoms with Crippen molar-refractivity contribution in [3.8, 4) is 0 Å². The van der Waals surface area contributed by atoms with Crippen molar-refractivity contribution >= 4 is 29.9 Å². The molecule has 2 N–H and O–H groups in total. The Morgan fingerprint density at radius 3 is 2.72 bits per heavy atom. The van der Waals surface area contributed by atoms with Gasteiger partial charge in [0, 0.05) is 31.0 Å². The Balaban J connectivity index is 0.00000182. The molecule has 5 nitrogen and oxygen atoms in total. The van der Waals surface area contributed by atoms with Crippen molar-refractivity contribution < 1.29 is 9.15 Å². The molecule has 140 valence electrons. The highest BCUT2D eigenvalue weighted by atomic mass is 127. The number of guanidine groups is 1. The molecule has 4 rings (SSSR count). The van der Waals surface area contributed by atoms with Crippen molar-refractivity contribution in [3.05, 3.63) is 23.7 Å². The average molecular weight is 459 g/mol. The molecule has 2 heterocycles. The van der Waals surface area contributed by atoms with Crippen molar-refractivity contribution in [2.24, 2.45) is 16.3 Å². The Kier molecular flexibility index (Phi) is 5.68. The first-order chi connectivity index (χ1) is 11.6.